The molecule has 1 aliphatic rings. The van der Waals surface area contributed by atoms with E-state index < -0.39 is 6.10 Å². The van der Waals surface area contributed by atoms with Crippen molar-refractivity contribution in [3.8, 4) is 17.1 Å². The molecule has 1 aliphatic heterocycles. The molecule has 4 aromatic rings. The lowest BCUT2D eigenvalue weighted by molar-refractivity contribution is -0.115. The Morgan fingerprint density at radius 3 is 2.53 bits per heavy atom. The number of aromatic nitrogens is 2. The van der Waals surface area contributed by atoms with Crippen LogP contribution >= 0.6 is 0 Å². The minimum atomic E-state index is -1.42. The van der Waals surface area contributed by atoms with Crippen molar-refractivity contribution in [2.45, 2.75) is 46.2 Å². The van der Waals surface area contributed by atoms with E-state index in [1.165, 1.54) is 12.7 Å². The lowest BCUT2D eigenvalue weighted by Gasteiger charge is -2.14. The molecule has 0 aliphatic carbocycles. The third-order valence-electron chi connectivity index (χ3n) is 6.61. The molecule has 198 valence electrons. The lowest BCUT2D eigenvalue weighted by Crippen LogP contribution is -2.26. The monoisotopic (exact) mass is 515 g/mol. The predicted molar refractivity (Wildman–Crippen MR) is 147 cm³/mol. The quantitative estimate of drug-likeness (QED) is 0.285. The summed E-state index contributed by atoms with van der Waals surface area (Å²) in [6.07, 6.45) is -1.01. The lowest BCUT2D eigenvalue weighted by atomic mass is 9.99. The van der Waals surface area contributed by atoms with E-state index in [1.807, 2.05) is 50.2 Å². The molecule has 8 nitrogen and oxygen atoms in total. The Bertz CT molecular complexity index is 1500. The molecule has 0 spiro atoms. The second kappa shape index (κ2) is 12.1. The molecule has 2 aromatic carbocycles. The van der Waals surface area contributed by atoms with E-state index >= 15 is 0 Å². The Morgan fingerprint density at radius 2 is 1.84 bits per heavy atom. The first kappa shape index (κ1) is 27.2. The molecule has 38 heavy (non-hydrogen) atoms. The normalized spacial score (nSPS) is 12.3. The maximum atomic E-state index is 13.5. The highest BCUT2D eigenvalue weighted by Gasteiger charge is 2.29. The molecule has 0 radical (unpaired) electrons. The summed E-state index contributed by atoms with van der Waals surface area (Å²) in [6.45, 7) is 5.57. The van der Waals surface area contributed by atoms with Gasteiger partial charge in [0.05, 0.1) is 37.2 Å². The SMILES string of the molecule is CC.COCc1c(C(O)C=O)cc2n(c1=O)Cc1c-2nc2ccc(OC)cc2c1CNCc1ccccc1. The Balaban J connectivity index is 0.00000164. The van der Waals surface area contributed by atoms with Crippen molar-refractivity contribution in [2.24, 2.45) is 0 Å². The molecule has 1 atom stereocenters. The van der Waals surface area contributed by atoms with Crippen molar-refractivity contribution in [2.75, 3.05) is 14.2 Å². The van der Waals surface area contributed by atoms with Gasteiger partial charge in [0.1, 0.15) is 11.9 Å². The Kier molecular flexibility index (Phi) is 8.68. The van der Waals surface area contributed by atoms with Gasteiger partial charge in [-0.25, -0.2) is 4.98 Å². The number of hydrogen-bond donors (Lipinski definition) is 2. The van der Waals surface area contributed by atoms with E-state index in [0.29, 0.717) is 37.3 Å². The van der Waals surface area contributed by atoms with Gasteiger partial charge in [-0.15, -0.1) is 0 Å². The Labute approximate surface area is 221 Å². The molecule has 5 rings (SSSR count). The van der Waals surface area contributed by atoms with Crippen LogP contribution in [0.15, 0.2) is 59.4 Å². The van der Waals surface area contributed by atoms with Crippen LogP contribution in [-0.2, 0) is 35.8 Å². The summed E-state index contributed by atoms with van der Waals surface area (Å²) in [4.78, 5) is 29.8. The summed E-state index contributed by atoms with van der Waals surface area (Å²) in [7, 11) is 3.10. The summed E-state index contributed by atoms with van der Waals surface area (Å²) < 4.78 is 12.3. The van der Waals surface area contributed by atoms with Gasteiger partial charge in [0, 0.05) is 42.3 Å². The van der Waals surface area contributed by atoms with E-state index in [2.05, 4.69) is 17.4 Å². The van der Waals surface area contributed by atoms with Crippen molar-refractivity contribution in [3.05, 3.63) is 92.8 Å². The summed E-state index contributed by atoms with van der Waals surface area (Å²) in [5, 5.41) is 14.8. The summed E-state index contributed by atoms with van der Waals surface area (Å²) >= 11 is 0. The van der Waals surface area contributed by atoms with Crippen LogP contribution in [0.4, 0.5) is 0 Å². The number of hydrogen-bond acceptors (Lipinski definition) is 7. The van der Waals surface area contributed by atoms with Crippen LogP contribution in [-0.4, -0.2) is 35.2 Å². The number of nitrogens with zero attached hydrogens (tertiary/aromatic N) is 2. The number of methoxy groups -OCH3 is 2. The summed E-state index contributed by atoms with van der Waals surface area (Å²) in [5.41, 5.74) is 5.35. The number of benzene rings is 2. The number of aldehydes is 1. The van der Waals surface area contributed by atoms with Gasteiger partial charge in [0.25, 0.3) is 5.56 Å². The first-order valence-electron chi connectivity index (χ1n) is 12.7. The van der Waals surface area contributed by atoms with Crippen LogP contribution in [0.2, 0.25) is 0 Å². The molecule has 0 fully saturated rings. The van der Waals surface area contributed by atoms with Gasteiger partial charge in [-0.05, 0) is 35.4 Å². The summed E-state index contributed by atoms with van der Waals surface area (Å²) in [6, 6.07) is 17.5. The van der Waals surface area contributed by atoms with Crippen LogP contribution in [0.1, 0.15) is 47.8 Å². The highest BCUT2D eigenvalue weighted by atomic mass is 16.5. The molecule has 0 amide bonds. The molecule has 8 heteroatoms. The fraction of sp³-hybridized carbons (Fsp3) is 0.300. The zero-order valence-corrected chi connectivity index (χ0v) is 22.2. The first-order valence-corrected chi connectivity index (χ1v) is 12.7. The number of nitrogens with one attached hydrogen (secondary N) is 1. The van der Waals surface area contributed by atoms with Gasteiger partial charge < -0.3 is 29.3 Å². The number of ether oxygens (including phenoxy) is 2. The number of pyridine rings is 2. The van der Waals surface area contributed by atoms with E-state index in [0.717, 1.165) is 27.8 Å². The van der Waals surface area contributed by atoms with Crippen molar-refractivity contribution in [3.63, 3.8) is 0 Å². The fourth-order valence-corrected chi connectivity index (χ4v) is 4.83. The number of fused-ring (bicyclic) bond motifs is 4. The van der Waals surface area contributed by atoms with E-state index in [4.69, 9.17) is 14.5 Å². The number of carbonyl (C=O) groups excluding carboxylic acids is 1. The number of rotatable bonds is 9. The third-order valence-corrected chi connectivity index (χ3v) is 6.61. The van der Waals surface area contributed by atoms with Crippen molar-refractivity contribution >= 4 is 17.2 Å². The Hall–Kier alpha value is -3.85. The first-order chi connectivity index (χ1) is 18.5. The van der Waals surface area contributed by atoms with E-state index in [1.54, 1.807) is 17.7 Å². The minimum absolute atomic E-state index is 0.00617. The van der Waals surface area contributed by atoms with Crippen LogP contribution in [0.3, 0.4) is 0 Å². The zero-order chi connectivity index (χ0) is 27.2. The maximum absolute atomic E-state index is 13.5. The van der Waals surface area contributed by atoms with Gasteiger partial charge >= 0.3 is 0 Å². The van der Waals surface area contributed by atoms with Crippen LogP contribution in [0, 0.1) is 0 Å². The molecule has 3 heterocycles. The molecule has 1 unspecified atom stereocenters. The topological polar surface area (TPSA) is 103 Å². The van der Waals surface area contributed by atoms with Crippen molar-refractivity contribution in [1.82, 2.24) is 14.9 Å². The fourth-order valence-electron chi connectivity index (χ4n) is 4.83. The number of aliphatic hydroxyl groups is 1. The van der Waals surface area contributed by atoms with Gasteiger partial charge in [0.2, 0.25) is 0 Å². The molecular weight excluding hydrogens is 482 g/mol. The molecule has 0 saturated heterocycles. The molecule has 0 bridgehead atoms. The predicted octanol–water partition coefficient (Wildman–Crippen LogP) is 4.13. The largest absolute Gasteiger partial charge is 0.497 e. The average molecular weight is 516 g/mol. The van der Waals surface area contributed by atoms with Crippen LogP contribution < -0.4 is 15.6 Å². The molecular formula is C30H33N3O5. The zero-order valence-electron chi connectivity index (χ0n) is 22.2. The van der Waals surface area contributed by atoms with Gasteiger partial charge in [0.15, 0.2) is 6.29 Å². The van der Waals surface area contributed by atoms with Gasteiger partial charge in [-0.2, -0.15) is 0 Å². The number of aliphatic hydroxyl groups excluding tert-OH is 1. The van der Waals surface area contributed by atoms with Crippen LogP contribution in [0.5, 0.6) is 5.75 Å². The van der Waals surface area contributed by atoms with Gasteiger partial charge in [-0.1, -0.05) is 44.2 Å². The number of carbonyl (C=O) groups is 1. The Morgan fingerprint density at radius 1 is 1.08 bits per heavy atom. The maximum Gasteiger partial charge on any atom is 0.257 e. The molecule has 0 saturated carbocycles. The molecule has 2 N–H and O–H groups in total. The van der Waals surface area contributed by atoms with Crippen molar-refractivity contribution < 1.29 is 19.4 Å². The highest BCUT2D eigenvalue weighted by Crippen LogP contribution is 2.37. The third kappa shape index (κ3) is 5.11. The average Bonchev–Trinajstić information content (AvgIpc) is 3.33. The molecule has 2 aromatic heterocycles. The second-order valence-electron chi connectivity index (χ2n) is 8.76. The van der Waals surface area contributed by atoms with Gasteiger partial charge in [-0.3, -0.25) is 4.79 Å². The van der Waals surface area contributed by atoms with Crippen LogP contribution in [0.25, 0.3) is 22.3 Å². The van der Waals surface area contributed by atoms with Crippen molar-refractivity contribution in [1.29, 1.82) is 0 Å². The minimum Gasteiger partial charge on any atom is -0.497 e. The highest BCUT2D eigenvalue weighted by molar-refractivity contribution is 5.89. The standard InChI is InChI=1S/C28H27N3O5.C2H6/c1-35-16-23-20(26(33)15-32)11-25-27-22(14-31(25)28(23)34)21(13-29-12-17-6-4-3-5-7-17)19-10-18(36-2)8-9-24(19)30-27;1-2/h3-11,15,26,29,33H,12-14,16H2,1-2H3;1-2H3. The smallest absolute Gasteiger partial charge is 0.257 e. The van der Waals surface area contributed by atoms with E-state index in [9.17, 15) is 14.7 Å². The summed E-state index contributed by atoms with van der Waals surface area (Å²) in [5.74, 6) is 0.722. The van der Waals surface area contributed by atoms with E-state index in [-0.39, 0.29) is 23.3 Å². The second-order valence-corrected chi connectivity index (χ2v) is 8.76.